The van der Waals surface area contributed by atoms with Crippen molar-refractivity contribution in [2.24, 2.45) is 0 Å². The lowest BCUT2D eigenvalue weighted by Gasteiger charge is -2.05. The Morgan fingerprint density at radius 2 is 1.93 bits per heavy atom. The van der Waals surface area contributed by atoms with Crippen LogP contribution in [0, 0.1) is 13.8 Å². The Kier molecular flexibility index (Phi) is 2.22. The van der Waals surface area contributed by atoms with Crippen molar-refractivity contribution in [1.29, 1.82) is 0 Å². The van der Waals surface area contributed by atoms with E-state index in [1.165, 1.54) is 11.1 Å². The van der Waals surface area contributed by atoms with Gasteiger partial charge in [0.25, 0.3) is 0 Å². The molecule has 0 aliphatic heterocycles. The lowest BCUT2D eigenvalue weighted by molar-refractivity contribution is 0.281. The van der Waals surface area contributed by atoms with Crippen LogP contribution in [-0.2, 0) is 6.61 Å². The number of nitrogens with zero attached hydrogens (tertiary/aromatic N) is 1. The van der Waals surface area contributed by atoms with Crippen LogP contribution in [0.5, 0.6) is 0 Å². The molecule has 0 amide bonds. The summed E-state index contributed by atoms with van der Waals surface area (Å²) in [6.45, 7) is 4.16. The molecule has 2 rings (SSSR count). The number of rotatable bonds is 1. The second-order valence-electron chi connectivity index (χ2n) is 3.60. The Morgan fingerprint density at radius 1 is 1.21 bits per heavy atom. The molecule has 0 aliphatic rings. The smallest absolute Gasteiger partial charge is 0.0733 e. The molecule has 1 aromatic heterocycles. The van der Waals surface area contributed by atoms with E-state index in [9.17, 15) is 0 Å². The standard InChI is InChI=1S/C12H13NO/c1-8-3-4-9(2)12-11(8)5-10(7-14)6-13-12/h3-6,14H,7H2,1-2H3. The number of pyridine rings is 1. The van der Waals surface area contributed by atoms with Crippen molar-refractivity contribution in [3.63, 3.8) is 0 Å². The van der Waals surface area contributed by atoms with Gasteiger partial charge in [0.05, 0.1) is 12.1 Å². The summed E-state index contributed by atoms with van der Waals surface area (Å²) in [5.41, 5.74) is 4.27. The van der Waals surface area contributed by atoms with Crippen molar-refractivity contribution in [2.45, 2.75) is 20.5 Å². The number of fused-ring (bicyclic) bond motifs is 1. The van der Waals surface area contributed by atoms with Gasteiger partial charge in [0.1, 0.15) is 0 Å². The molecule has 0 radical (unpaired) electrons. The fourth-order valence-corrected chi connectivity index (χ4v) is 1.63. The maximum absolute atomic E-state index is 9.02. The number of aliphatic hydroxyl groups is 1. The van der Waals surface area contributed by atoms with Crippen LogP contribution in [0.1, 0.15) is 16.7 Å². The van der Waals surface area contributed by atoms with Crippen LogP contribution in [0.25, 0.3) is 10.9 Å². The minimum Gasteiger partial charge on any atom is -0.392 e. The predicted octanol–water partition coefficient (Wildman–Crippen LogP) is 2.34. The van der Waals surface area contributed by atoms with Crippen molar-refractivity contribution >= 4 is 10.9 Å². The van der Waals surface area contributed by atoms with Gasteiger partial charge in [0.2, 0.25) is 0 Å². The van der Waals surface area contributed by atoms with Crippen molar-refractivity contribution in [3.8, 4) is 0 Å². The zero-order valence-corrected chi connectivity index (χ0v) is 8.41. The number of aliphatic hydroxyl groups excluding tert-OH is 1. The van der Waals surface area contributed by atoms with Crippen LogP contribution >= 0.6 is 0 Å². The lowest BCUT2D eigenvalue weighted by Crippen LogP contribution is -1.90. The third-order valence-corrected chi connectivity index (χ3v) is 2.51. The van der Waals surface area contributed by atoms with Crippen LogP contribution in [-0.4, -0.2) is 10.1 Å². The van der Waals surface area contributed by atoms with E-state index in [0.717, 1.165) is 16.5 Å². The van der Waals surface area contributed by atoms with Gasteiger partial charge in [-0.15, -0.1) is 0 Å². The maximum Gasteiger partial charge on any atom is 0.0733 e. The molecule has 1 heterocycles. The Morgan fingerprint density at radius 3 is 2.64 bits per heavy atom. The summed E-state index contributed by atoms with van der Waals surface area (Å²) >= 11 is 0. The summed E-state index contributed by atoms with van der Waals surface area (Å²) in [5, 5.41) is 10.2. The zero-order chi connectivity index (χ0) is 10.1. The van der Waals surface area contributed by atoms with Gasteiger partial charge in [-0.25, -0.2) is 0 Å². The molecule has 2 aromatic rings. The molecule has 0 aliphatic carbocycles. The van der Waals surface area contributed by atoms with E-state index in [1.54, 1.807) is 6.20 Å². The molecule has 0 spiro atoms. The summed E-state index contributed by atoms with van der Waals surface area (Å²) in [7, 11) is 0. The molecule has 0 saturated heterocycles. The molecule has 2 heteroatoms. The Hall–Kier alpha value is -1.41. The molecular weight excluding hydrogens is 174 g/mol. The van der Waals surface area contributed by atoms with Crippen molar-refractivity contribution in [1.82, 2.24) is 4.98 Å². The second kappa shape index (κ2) is 3.39. The molecule has 2 nitrogen and oxygen atoms in total. The Balaban J connectivity index is 2.80. The zero-order valence-electron chi connectivity index (χ0n) is 8.41. The molecule has 14 heavy (non-hydrogen) atoms. The van der Waals surface area contributed by atoms with Gasteiger partial charge >= 0.3 is 0 Å². The first-order chi connectivity index (χ1) is 6.72. The van der Waals surface area contributed by atoms with E-state index in [2.05, 4.69) is 24.0 Å². The molecule has 1 aromatic carbocycles. The topological polar surface area (TPSA) is 33.1 Å². The van der Waals surface area contributed by atoms with Gasteiger partial charge in [0, 0.05) is 11.6 Å². The van der Waals surface area contributed by atoms with Crippen molar-refractivity contribution in [3.05, 3.63) is 41.1 Å². The first-order valence-corrected chi connectivity index (χ1v) is 4.68. The van der Waals surface area contributed by atoms with Gasteiger partial charge in [-0.2, -0.15) is 0 Å². The Bertz CT molecular complexity index is 477. The maximum atomic E-state index is 9.02. The van der Waals surface area contributed by atoms with Gasteiger partial charge in [-0.1, -0.05) is 12.1 Å². The summed E-state index contributed by atoms with van der Waals surface area (Å²) in [4.78, 5) is 4.35. The fraction of sp³-hybridized carbons (Fsp3) is 0.250. The quantitative estimate of drug-likeness (QED) is 0.743. The van der Waals surface area contributed by atoms with Crippen LogP contribution in [0.2, 0.25) is 0 Å². The molecule has 0 bridgehead atoms. The van der Waals surface area contributed by atoms with E-state index in [4.69, 9.17) is 5.11 Å². The molecule has 1 N–H and O–H groups in total. The average molecular weight is 187 g/mol. The number of aromatic nitrogens is 1. The fourth-order valence-electron chi connectivity index (χ4n) is 1.63. The minimum atomic E-state index is 0.0519. The lowest BCUT2D eigenvalue weighted by atomic mass is 10.0. The largest absolute Gasteiger partial charge is 0.392 e. The SMILES string of the molecule is Cc1ccc(C)c2ncc(CO)cc12. The second-order valence-corrected chi connectivity index (χ2v) is 3.60. The molecule has 0 fully saturated rings. The number of aryl methyl sites for hydroxylation is 2. The first kappa shape index (κ1) is 9.16. The average Bonchev–Trinajstić information content (AvgIpc) is 2.23. The normalized spacial score (nSPS) is 10.8. The van der Waals surface area contributed by atoms with Gasteiger partial charge in [0.15, 0.2) is 0 Å². The Labute approximate surface area is 83.2 Å². The van der Waals surface area contributed by atoms with Crippen LogP contribution in [0.15, 0.2) is 24.4 Å². The summed E-state index contributed by atoms with van der Waals surface area (Å²) < 4.78 is 0. The van der Waals surface area contributed by atoms with Crippen LogP contribution < -0.4 is 0 Å². The highest BCUT2D eigenvalue weighted by atomic mass is 16.3. The monoisotopic (exact) mass is 187 g/mol. The summed E-state index contributed by atoms with van der Waals surface area (Å²) in [5.74, 6) is 0. The summed E-state index contributed by atoms with van der Waals surface area (Å²) in [6, 6.07) is 6.16. The van der Waals surface area contributed by atoms with Crippen molar-refractivity contribution < 1.29 is 5.11 Å². The van der Waals surface area contributed by atoms with E-state index >= 15 is 0 Å². The molecule has 0 saturated carbocycles. The number of hydrogen-bond donors (Lipinski definition) is 1. The first-order valence-electron chi connectivity index (χ1n) is 4.68. The van der Waals surface area contributed by atoms with Crippen molar-refractivity contribution in [2.75, 3.05) is 0 Å². The van der Waals surface area contributed by atoms with Crippen LogP contribution in [0.3, 0.4) is 0 Å². The summed E-state index contributed by atoms with van der Waals surface area (Å²) in [6.07, 6.45) is 1.73. The van der Waals surface area contributed by atoms with E-state index in [1.807, 2.05) is 13.0 Å². The van der Waals surface area contributed by atoms with Crippen LogP contribution in [0.4, 0.5) is 0 Å². The number of benzene rings is 1. The van der Waals surface area contributed by atoms with Gasteiger partial charge in [-0.05, 0) is 36.6 Å². The van der Waals surface area contributed by atoms with E-state index in [-0.39, 0.29) is 6.61 Å². The predicted molar refractivity (Wildman–Crippen MR) is 57.1 cm³/mol. The van der Waals surface area contributed by atoms with Gasteiger partial charge in [-0.3, -0.25) is 4.98 Å². The molecule has 0 atom stereocenters. The molecule has 0 unspecified atom stereocenters. The molecular formula is C12H13NO. The third kappa shape index (κ3) is 1.38. The highest BCUT2D eigenvalue weighted by molar-refractivity contribution is 5.85. The highest BCUT2D eigenvalue weighted by Gasteiger charge is 2.02. The van der Waals surface area contributed by atoms with Gasteiger partial charge < -0.3 is 5.11 Å². The minimum absolute atomic E-state index is 0.0519. The van der Waals surface area contributed by atoms with E-state index in [0.29, 0.717) is 0 Å². The van der Waals surface area contributed by atoms with E-state index < -0.39 is 0 Å². The highest BCUT2D eigenvalue weighted by Crippen LogP contribution is 2.20. The number of hydrogen-bond acceptors (Lipinski definition) is 2. The molecule has 72 valence electrons. The third-order valence-electron chi connectivity index (χ3n) is 2.51.